The fraction of sp³-hybridized carbons (Fsp3) is 0.368. The Balaban J connectivity index is 1.68. The molecule has 0 radical (unpaired) electrons. The number of amides is 1. The highest BCUT2D eigenvalue weighted by molar-refractivity contribution is 7.89. The van der Waals surface area contributed by atoms with Crippen LogP contribution in [0.5, 0.6) is 5.88 Å². The lowest BCUT2D eigenvalue weighted by Crippen LogP contribution is -2.50. The number of hydrogen-bond donors (Lipinski definition) is 0. The molecule has 0 aliphatic carbocycles. The molecule has 162 valence electrons. The zero-order valence-corrected chi connectivity index (χ0v) is 17.1. The van der Waals surface area contributed by atoms with Crippen molar-refractivity contribution >= 4 is 15.9 Å². The van der Waals surface area contributed by atoms with E-state index in [0.29, 0.717) is 12.7 Å². The predicted octanol–water partition coefficient (Wildman–Crippen LogP) is 1.53. The average Bonchev–Trinajstić information content (AvgIpc) is 2.75. The van der Waals surface area contributed by atoms with Crippen LogP contribution in [0.2, 0.25) is 0 Å². The van der Waals surface area contributed by atoms with E-state index in [1.807, 2.05) is 0 Å². The SMILES string of the molecule is COCCOc1ncccc1C(=O)N1CCN(S(=O)(=O)c2ccc(F)c(F)c2)CC1. The zero-order chi connectivity index (χ0) is 21.7. The summed E-state index contributed by atoms with van der Waals surface area (Å²) < 4.78 is 63.5. The first-order valence-electron chi connectivity index (χ1n) is 9.16. The molecular formula is C19H21F2N3O5S. The second-order valence-corrected chi connectivity index (χ2v) is 8.41. The smallest absolute Gasteiger partial charge is 0.259 e. The average molecular weight is 441 g/mol. The molecule has 1 aliphatic rings. The molecule has 11 heteroatoms. The quantitative estimate of drug-likeness (QED) is 0.606. The molecule has 2 heterocycles. The maximum Gasteiger partial charge on any atom is 0.259 e. The number of ether oxygens (including phenoxy) is 2. The van der Waals surface area contributed by atoms with Crippen molar-refractivity contribution in [1.82, 2.24) is 14.2 Å². The Morgan fingerprint density at radius 1 is 1.10 bits per heavy atom. The molecule has 0 unspecified atom stereocenters. The number of halogens is 2. The molecule has 1 aliphatic heterocycles. The molecule has 0 N–H and O–H groups in total. The fourth-order valence-electron chi connectivity index (χ4n) is 2.98. The first-order valence-corrected chi connectivity index (χ1v) is 10.6. The Bertz CT molecular complexity index is 1010. The number of carbonyl (C=O) groups is 1. The topological polar surface area (TPSA) is 89.0 Å². The Morgan fingerprint density at radius 3 is 2.50 bits per heavy atom. The van der Waals surface area contributed by atoms with Crippen molar-refractivity contribution in [2.45, 2.75) is 4.90 Å². The molecule has 30 heavy (non-hydrogen) atoms. The van der Waals surface area contributed by atoms with E-state index >= 15 is 0 Å². The number of pyridine rings is 1. The number of benzene rings is 1. The Morgan fingerprint density at radius 2 is 1.83 bits per heavy atom. The van der Waals surface area contributed by atoms with Crippen LogP contribution in [0.4, 0.5) is 8.78 Å². The summed E-state index contributed by atoms with van der Waals surface area (Å²) in [5, 5.41) is 0. The van der Waals surface area contributed by atoms with Gasteiger partial charge in [0.05, 0.1) is 11.5 Å². The highest BCUT2D eigenvalue weighted by Gasteiger charge is 2.31. The van der Waals surface area contributed by atoms with E-state index in [2.05, 4.69) is 4.98 Å². The number of methoxy groups -OCH3 is 1. The van der Waals surface area contributed by atoms with E-state index in [1.165, 1.54) is 18.2 Å². The van der Waals surface area contributed by atoms with Gasteiger partial charge < -0.3 is 14.4 Å². The van der Waals surface area contributed by atoms with E-state index in [1.54, 1.807) is 12.1 Å². The van der Waals surface area contributed by atoms with Gasteiger partial charge in [-0.25, -0.2) is 22.2 Å². The summed E-state index contributed by atoms with van der Waals surface area (Å²) in [5.41, 5.74) is 0.269. The maximum atomic E-state index is 13.4. The summed E-state index contributed by atoms with van der Waals surface area (Å²) in [7, 11) is -2.47. The Labute approximate surface area is 173 Å². The molecule has 0 spiro atoms. The van der Waals surface area contributed by atoms with Crippen molar-refractivity contribution in [3.05, 3.63) is 53.7 Å². The first kappa shape index (κ1) is 22.1. The van der Waals surface area contributed by atoms with Crippen molar-refractivity contribution < 1.29 is 31.5 Å². The van der Waals surface area contributed by atoms with Crippen molar-refractivity contribution in [3.8, 4) is 5.88 Å². The number of piperazine rings is 1. The standard InChI is InChI=1S/C19H21F2N3O5S/c1-28-11-12-29-18-15(3-2-6-22-18)19(25)23-7-9-24(10-8-23)30(26,27)14-4-5-16(20)17(21)13-14/h2-6,13H,7-12H2,1H3. The summed E-state index contributed by atoms with van der Waals surface area (Å²) in [4.78, 5) is 18.1. The highest BCUT2D eigenvalue weighted by Crippen LogP contribution is 2.22. The molecule has 8 nitrogen and oxygen atoms in total. The van der Waals surface area contributed by atoms with Crippen molar-refractivity contribution in [2.24, 2.45) is 0 Å². The van der Waals surface area contributed by atoms with Gasteiger partial charge in [0.1, 0.15) is 12.2 Å². The van der Waals surface area contributed by atoms with E-state index in [9.17, 15) is 22.0 Å². The Hall–Kier alpha value is -2.63. The van der Waals surface area contributed by atoms with Crippen molar-refractivity contribution in [1.29, 1.82) is 0 Å². The maximum absolute atomic E-state index is 13.4. The third-order valence-corrected chi connectivity index (χ3v) is 6.48. The molecule has 0 bridgehead atoms. The third-order valence-electron chi connectivity index (χ3n) is 4.58. The van der Waals surface area contributed by atoms with Gasteiger partial charge in [0.15, 0.2) is 11.6 Å². The van der Waals surface area contributed by atoms with Crippen LogP contribution in [-0.2, 0) is 14.8 Å². The molecule has 0 atom stereocenters. The van der Waals surface area contributed by atoms with Crippen LogP contribution >= 0.6 is 0 Å². The fourth-order valence-corrected chi connectivity index (χ4v) is 4.41. The van der Waals surface area contributed by atoms with Crippen molar-refractivity contribution in [2.75, 3.05) is 46.5 Å². The summed E-state index contributed by atoms with van der Waals surface area (Å²) in [6, 6.07) is 5.64. The molecule has 3 rings (SSSR count). The lowest BCUT2D eigenvalue weighted by Gasteiger charge is -2.34. The summed E-state index contributed by atoms with van der Waals surface area (Å²) in [6.07, 6.45) is 1.51. The van der Waals surface area contributed by atoms with Crippen LogP contribution in [0.15, 0.2) is 41.4 Å². The number of sulfonamides is 1. The van der Waals surface area contributed by atoms with E-state index < -0.39 is 21.7 Å². The molecule has 2 aromatic rings. The molecule has 1 fully saturated rings. The van der Waals surface area contributed by atoms with Crippen LogP contribution in [0.25, 0.3) is 0 Å². The molecule has 1 saturated heterocycles. The number of carbonyl (C=O) groups excluding carboxylic acids is 1. The van der Waals surface area contributed by atoms with Crippen LogP contribution < -0.4 is 4.74 Å². The van der Waals surface area contributed by atoms with Crippen LogP contribution in [-0.4, -0.2) is 75.0 Å². The van der Waals surface area contributed by atoms with Gasteiger partial charge in [0, 0.05) is 39.5 Å². The molecular weight excluding hydrogens is 420 g/mol. The second kappa shape index (κ2) is 9.45. The third kappa shape index (κ3) is 4.74. The van der Waals surface area contributed by atoms with Crippen LogP contribution in [0.1, 0.15) is 10.4 Å². The van der Waals surface area contributed by atoms with Crippen LogP contribution in [0, 0.1) is 11.6 Å². The minimum Gasteiger partial charge on any atom is -0.475 e. The largest absolute Gasteiger partial charge is 0.475 e. The predicted molar refractivity (Wildman–Crippen MR) is 103 cm³/mol. The molecule has 1 amide bonds. The van der Waals surface area contributed by atoms with Gasteiger partial charge in [0.2, 0.25) is 15.9 Å². The minimum absolute atomic E-state index is 0.0210. The monoisotopic (exact) mass is 441 g/mol. The van der Waals surface area contributed by atoms with E-state index in [-0.39, 0.29) is 55.0 Å². The summed E-state index contributed by atoms with van der Waals surface area (Å²) in [5.74, 6) is -2.51. The molecule has 0 saturated carbocycles. The highest BCUT2D eigenvalue weighted by atomic mass is 32.2. The number of hydrogen-bond acceptors (Lipinski definition) is 6. The van der Waals surface area contributed by atoms with E-state index in [0.717, 1.165) is 16.4 Å². The van der Waals surface area contributed by atoms with E-state index in [4.69, 9.17) is 9.47 Å². The molecule has 1 aromatic carbocycles. The normalized spacial score (nSPS) is 15.2. The first-order chi connectivity index (χ1) is 14.3. The Kier molecular flexibility index (Phi) is 6.95. The summed E-state index contributed by atoms with van der Waals surface area (Å²) in [6.45, 7) is 0.876. The van der Waals surface area contributed by atoms with Gasteiger partial charge in [-0.3, -0.25) is 4.79 Å². The van der Waals surface area contributed by atoms with Gasteiger partial charge >= 0.3 is 0 Å². The molecule has 1 aromatic heterocycles. The van der Waals surface area contributed by atoms with Crippen LogP contribution in [0.3, 0.4) is 0 Å². The van der Waals surface area contributed by atoms with Gasteiger partial charge in [-0.2, -0.15) is 4.31 Å². The zero-order valence-electron chi connectivity index (χ0n) is 16.3. The van der Waals surface area contributed by atoms with Gasteiger partial charge in [0.25, 0.3) is 5.91 Å². The lowest BCUT2D eigenvalue weighted by molar-refractivity contribution is 0.0689. The van der Waals surface area contributed by atoms with Gasteiger partial charge in [-0.05, 0) is 30.3 Å². The minimum atomic E-state index is -4.00. The second-order valence-electron chi connectivity index (χ2n) is 6.47. The summed E-state index contributed by atoms with van der Waals surface area (Å²) >= 11 is 0. The lowest BCUT2D eigenvalue weighted by atomic mass is 10.2. The number of aromatic nitrogens is 1. The number of rotatable bonds is 7. The van der Waals surface area contributed by atoms with Gasteiger partial charge in [-0.15, -0.1) is 0 Å². The van der Waals surface area contributed by atoms with Gasteiger partial charge in [-0.1, -0.05) is 0 Å². The number of nitrogens with zero attached hydrogens (tertiary/aromatic N) is 3. The van der Waals surface area contributed by atoms with Crippen molar-refractivity contribution in [3.63, 3.8) is 0 Å².